The second-order valence-electron chi connectivity index (χ2n) is 26.2. The van der Waals surface area contributed by atoms with Crippen molar-refractivity contribution in [2.75, 3.05) is 9.80 Å². The van der Waals surface area contributed by atoms with Gasteiger partial charge in [0.05, 0.1) is 5.69 Å². The first-order chi connectivity index (χ1) is 39.6. The molecular weight excluding hydrogens is 1190 g/mol. The van der Waals surface area contributed by atoms with E-state index in [9.17, 15) is 0 Å². The molecule has 3 heterocycles. The van der Waals surface area contributed by atoms with E-state index in [1.165, 1.54) is 27.8 Å². The maximum atomic E-state index is 7.23. The summed E-state index contributed by atoms with van der Waals surface area (Å²) in [7, 11) is 0. The van der Waals surface area contributed by atoms with Crippen molar-refractivity contribution in [1.82, 2.24) is 14.1 Å². The molecule has 9 aromatic carbocycles. The number of anilines is 6. The molecule has 2 aromatic heterocycles. The fourth-order valence-corrected chi connectivity index (χ4v) is 12.6. The number of aromatic nitrogens is 3. The molecule has 11 aromatic rings. The van der Waals surface area contributed by atoms with Crippen molar-refractivity contribution in [2.45, 2.75) is 105 Å². The number of fused-ring (bicyclic) bond motifs is 7. The number of benzene rings is 9. The van der Waals surface area contributed by atoms with E-state index < -0.39 is 0 Å². The van der Waals surface area contributed by atoms with Crippen molar-refractivity contribution in [1.29, 1.82) is 0 Å². The molecule has 1 aliphatic heterocycles. The molecule has 418 valence electrons. The maximum absolute atomic E-state index is 7.23. The van der Waals surface area contributed by atoms with Crippen LogP contribution in [0.4, 0.5) is 34.3 Å². The fraction of sp³-hybridized carbons (Fsp3) is 0.211. The van der Waals surface area contributed by atoms with E-state index in [1.807, 2.05) is 6.20 Å². The van der Waals surface area contributed by atoms with Gasteiger partial charge >= 0.3 is 322 Å². The molecular formula is C76H73N5OPt. The molecule has 0 radical (unpaired) electrons. The van der Waals surface area contributed by atoms with Crippen molar-refractivity contribution >= 4 is 45.3 Å². The Morgan fingerprint density at radius 3 is 1.53 bits per heavy atom. The van der Waals surface area contributed by atoms with Gasteiger partial charge in [-0.25, -0.2) is 0 Å². The summed E-state index contributed by atoms with van der Waals surface area (Å²) >= 11 is 2.54. The summed E-state index contributed by atoms with van der Waals surface area (Å²) in [4.78, 5) is 10.1. The molecule has 0 saturated heterocycles. The van der Waals surface area contributed by atoms with Crippen LogP contribution >= 0.6 is 0 Å². The van der Waals surface area contributed by atoms with Crippen LogP contribution < -0.4 is 14.5 Å². The van der Waals surface area contributed by atoms with Crippen LogP contribution in [0.5, 0.6) is 11.5 Å². The first kappa shape index (κ1) is 55.2. The molecule has 1 aliphatic rings. The van der Waals surface area contributed by atoms with Crippen LogP contribution in [0.25, 0.3) is 55.8 Å². The molecule has 83 heavy (non-hydrogen) atoms. The molecule has 0 fully saturated rings. The van der Waals surface area contributed by atoms with Crippen molar-refractivity contribution in [3.8, 4) is 56.3 Å². The van der Waals surface area contributed by atoms with Crippen molar-refractivity contribution < 1.29 is 24.1 Å². The number of para-hydroxylation sites is 3. The van der Waals surface area contributed by atoms with Gasteiger partial charge in [0, 0.05) is 17.4 Å². The van der Waals surface area contributed by atoms with Gasteiger partial charge in [0.2, 0.25) is 0 Å². The van der Waals surface area contributed by atoms with Gasteiger partial charge in [0.25, 0.3) is 0 Å². The minimum atomic E-state index is -0.139. The summed E-state index contributed by atoms with van der Waals surface area (Å²) in [6.07, 6.45) is 1.96. The summed E-state index contributed by atoms with van der Waals surface area (Å²) in [6.45, 7) is 27.5. The van der Waals surface area contributed by atoms with E-state index in [4.69, 9.17) is 9.72 Å². The number of nitrogens with zero attached hydrogens (tertiary/aromatic N) is 5. The Morgan fingerprint density at radius 2 is 0.880 bits per heavy atom. The first-order valence-corrected chi connectivity index (χ1v) is 30.1. The third-order valence-corrected chi connectivity index (χ3v) is 17.2. The van der Waals surface area contributed by atoms with Crippen molar-refractivity contribution in [3.63, 3.8) is 0 Å². The van der Waals surface area contributed by atoms with E-state index in [1.54, 1.807) is 0 Å². The van der Waals surface area contributed by atoms with Crippen LogP contribution in [0, 0.1) is 3.80 Å². The second kappa shape index (κ2) is 21.1. The Labute approximate surface area is 501 Å². The van der Waals surface area contributed by atoms with Gasteiger partial charge in [-0.2, -0.15) is 0 Å². The monoisotopic (exact) mass is 1270 g/mol. The van der Waals surface area contributed by atoms with Crippen LogP contribution in [0.2, 0.25) is 0 Å². The van der Waals surface area contributed by atoms with Gasteiger partial charge < -0.3 is 4.90 Å². The number of hydrogen-bond acceptors (Lipinski definition) is 4. The Hall–Kier alpha value is -8.31. The van der Waals surface area contributed by atoms with E-state index in [-0.39, 0.29) is 21.7 Å². The van der Waals surface area contributed by atoms with Crippen LogP contribution in [-0.2, 0) is 41.0 Å². The van der Waals surface area contributed by atoms with E-state index in [0.717, 1.165) is 94.0 Å². The molecule has 0 saturated carbocycles. The predicted molar refractivity (Wildman–Crippen MR) is 344 cm³/mol. The average molecular weight is 1270 g/mol. The van der Waals surface area contributed by atoms with Crippen molar-refractivity contribution in [2.24, 2.45) is 0 Å². The van der Waals surface area contributed by atoms with Gasteiger partial charge in [0.1, 0.15) is 0 Å². The molecule has 0 atom stereocenters. The third kappa shape index (κ3) is 10.6. The molecule has 6 nitrogen and oxygen atoms in total. The van der Waals surface area contributed by atoms with E-state index in [0.29, 0.717) is 5.75 Å². The Morgan fingerprint density at radius 1 is 0.337 bits per heavy atom. The average Bonchev–Trinajstić information content (AvgIpc) is 2.57. The summed E-state index contributed by atoms with van der Waals surface area (Å²) in [5.74, 6) is 2.24. The van der Waals surface area contributed by atoms with Gasteiger partial charge in [0.15, 0.2) is 0 Å². The van der Waals surface area contributed by atoms with Gasteiger partial charge in [-0.1, -0.05) is 96.1 Å². The molecule has 0 spiro atoms. The first-order valence-electron chi connectivity index (χ1n) is 28.9. The Balaban J connectivity index is 1.07. The number of imidazole rings is 1. The number of ether oxygens (including phenoxy) is 1. The van der Waals surface area contributed by atoms with Crippen LogP contribution in [0.1, 0.15) is 105 Å². The number of hydrogen-bond donors (Lipinski definition) is 0. The topological polar surface area (TPSA) is 38.5 Å². The zero-order chi connectivity index (χ0) is 58.2. The molecule has 0 aliphatic carbocycles. The van der Waals surface area contributed by atoms with Crippen LogP contribution in [0.3, 0.4) is 0 Å². The van der Waals surface area contributed by atoms with Crippen LogP contribution in [0.15, 0.2) is 225 Å². The zero-order valence-corrected chi connectivity index (χ0v) is 52.1. The Bertz CT molecular complexity index is 4280. The molecule has 12 rings (SSSR count). The summed E-state index contributed by atoms with van der Waals surface area (Å²) in [5, 5.41) is 0. The van der Waals surface area contributed by atoms with Gasteiger partial charge in [-0.3, -0.25) is 0 Å². The standard InChI is InChI=1S/C76H73N5O.Pt/c1-73(2,3)53-35-39-68-65(46-53)63-31-20-22-33-67(63)80(57-26-17-14-18-27-57)66-32-21-19-30-62(66)64-37-36-61(49-70(64)81(68)72-47-54(40-41-77-72)74(4,5)6)82-60-29-23-28-58(48-60)78-50-79(59-44-55(75(7,8)9)43-56(45-59)76(10,11)12)71-42-52(34-38-69(71)78)51-24-15-13-16-25-51;/h13-49H,1-12H3;. The summed E-state index contributed by atoms with van der Waals surface area (Å²) in [6, 6.07) is 79.7. The van der Waals surface area contributed by atoms with Gasteiger partial charge in [-0.15, -0.1) is 0 Å². The fourth-order valence-electron chi connectivity index (χ4n) is 11.5. The number of pyridine rings is 1. The quantitative estimate of drug-likeness (QED) is 0.159. The minimum absolute atomic E-state index is 0.0600. The normalized spacial score (nSPS) is 12.8. The van der Waals surface area contributed by atoms with Crippen LogP contribution in [-0.4, -0.2) is 14.1 Å². The number of rotatable bonds is 7. The molecule has 0 unspecified atom stereocenters. The third-order valence-electron chi connectivity index (χ3n) is 16.2. The second-order valence-corrected chi connectivity index (χ2v) is 27.2. The SMILES string of the molecule is CC(C)(C)c1cc(-n2[c](=[Pt])n(-c3cccc(Oc4ccc5c(c4)N(c4cc(C(C)(C)C)ccn4)c4ccc(C(C)(C)C)cc4-c4ccccc4N(c4ccccc4)c4ccccc4-5)c3)c3ccc(-c4ccccc4)cc32)cc(C(C)(C)C)c1. The van der Waals surface area contributed by atoms with Crippen molar-refractivity contribution in [3.05, 3.63) is 251 Å². The van der Waals surface area contributed by atoms with Gasteiger partial charge in [-0.05, 0) is 58.4 Å². The molecule has 7 heteroatoms. The summed E-state index contributed by atoms with van der Waals surface area (Å²) in [5.41, 5.74) is 20.8. The van der Waals surface area contributed by atoms with E-state index in [2.05, 4.69) is 340 Å². The summed E-state index contributed by atoms with van der Waals surface area (Å²) < 4.78 is 13.1. The zero-order valence-electron chi connectivity index (χ0n) is 49.8. The Kier molecular flexibility index (Phi) is 14.1. The molecule has 0 N–H and O–H groups in total. The predicted octanol–water partition coefficient (Wildman–Crippen LogP) is 21.1. The van der Waals surface area contributed by atoms with E-state index >= 15 is 0 Å². The molecule has 0 amide bonds. The molecule has 0 bridgehead atoms.